The standard InChI is InChI=1S/C18H28N2O2Si2/c1-5-23(21,6-2)15-9-11-17(19-13-15)18-12-10-16(14-20-18)24(22,7-3)8-4/h9-14,21-22H,5-8H2,1-4H3. The molecule has 0 aliphatic rings. The molecule has 0 aliphatic carbocycles. The van der Waals surface area contributed by atoms with Crippen molar-refractivity contribution >= 4 is 27.0 Å². The van der Waals surface area contributed by atoms with E-state index >= 15 is 0 Å². The zero-order chi connectivity index (χ0) is 17.8. The van der Waals surface area contributed by atoms with Crippen LogP contribution in [0.5, 0.6) is 0 Å². The lowest BCUT2D eigenvalue weighted by Gasteiger charge is -2.22. The molecule has 2 rings (SSSR count). The molecule has 130 valence electrons. The smallest absolute Gasteiger partial charge is 0.221 e. The van der Waals surface area contributed by atoms with Gasteiger partial charge in [0.2, 0.25) is 16.6 Å². The van der Waals surface area contributed by atoms with Crippen molar-refractivity contribution in [3.8, 4) is 11.4 Å². The van der Waals surface area contributed by atoms with Gasteiger partial charge in [-0.05, 0) is 46.7 Å². The average molecular weight is 361 g/mol. The van der Waals surface area contributed by atoms with E-state index in [1.54, 1.807) is 12.4 Å². The van der Waals surface area contributed by atoms with Gasteiger partial charge in [-0.15, -0.1) is 0 Å². The number of nitrogens with zero attached hydrogens (tertiary/aromatic N) is 2. The Bertz CT molecular complexity index is 592. The van der Waals surface area contributed by atoms with Crippen molar-refractivity contribution in [1.29, 1.82) is 0 Å². The van der Waals surface area contributed by atoms with Crippen LogP contribution in [-0.2, 0) is 0 Å². The van der Waals surface area contributed by atoms with Crippen LogP contribution in [0, 0.1) is 0 Å². The molecule has 0 aromatic carbocycles. The SMILES string of the molecule is CC[Si](O)(CC)c1ccc(-c2ccc([Si](O)(CC)CC)cn2)nc1. The van der Waals surface area contributed by atoms with Gasteiger partial charge < -0.3 is 9.59 Å². The Morgan fingerprint density at radius 1 is 0.667 bits per heavy atom. The molecule has 2 heterocycles. The summed E-state index contributed by atoms with van der Waals surface area (Å²) >= 11 is 0. The number of rotatable bonds is 7. The summed E-state index contributed by atoms with van der Waals surface area (Å²) < 4.78 is 0. The van der Waals surface area contributed by atoms with Crippen LogP contribution in [0.2, 0.25) is 24.2 Å². The normalized spacial score (nSPS) is 12.4. The van der Waals surface area contributed by atoms with Gasteiger partial charge >= 0.3 is 0 Å². The van der Waals surface area contributed by atoms with Crippen molar-refractivity contribution in [1.82, 2.24) is 9.97 Å². The third-order valence-electron chi connectivity index (χ3n) is 5.20. The molecule has 6 heteroatoms. The Balaban J connectivity index is 2.27. The first-order valence-corrected chi connectivity index (χ1v) is 13.5. The lowest BCUT2D eigenvalue weighted by Crippen LogP contribution is -2.47. The van der Waals surface area contributed by atoms with E-state index in [0.29, 0.717) is 0 Å². The Kier molecular flexibility index (Phi) is 6.08. The van der Waals surface area contributed by atoms with Gasteiger partial charge in [0, 0.05) is 12.4 Å². The fourth-order valence-electron chi connectivity index (χ4n) is 2.96. The highest BCUT2D eigenvalue weighted by atomic mass is 28.4. The minimum Gasteiger partial charge on any atom is -0.427 e. The molecule has 0 saturated carbocycles. The lowest BCUT2D eigenvalue weighted by atomic mass is 10.2. The minimum atomic E-state index is -2.35. The summed E-state index contributed by atoms with van der Waals surface area (Å²) in [5.74, 6) is 0. The van der Waals surface area contributed by atoms with Crippen LogP contribution in [0.4, 0.5) is 0 Å². The molecule has 0 bridgehead atoms. The molecule has 0 radical (unpaired) electrons. The van der Waals surface area contributed by atoms with Gasteiger partial charge in [0.05, 0.1) is 11.4 Å². The second-order valence-electron chi connectivity index (χ2n) is 6.34. The molecule has 2 aromatic heterocycles. The number of hydrogen-bond donors (Lipinski definition) is 2. The molecule has 0 aliphatic heterocycles. The van der Waals surface area contributed by atoms with Crippen LogP contribution in [0.25, 0.3) is 11.4 Å². The van der Waals surface area contributed by atoms with Crippen molar-refractivity contribution in [2.45, 2.75) is 51.9 Å². The van der Waals surface area contributed by atoms with Crippen molar-refractivity contribution in [2.24, 2.45) is 0 Å². The van der Waals surface area contributed by atoms with E-state index in [1.165, 1.54) is 0 Å². The lowest BCUT2D eigenvalue weighted by molar-refractivity contribution is 0.549. The Morgan fingerprint density at radius 2 is 1.00 bits per heavy atom. The van der Waals surface area contributed by atoms with Crippen LogP contribution in [0.15, 0.2) is 36.7 Å². The van der Waals surface area contributed by atoms with Crippen molar-refractivity contribution in [3.05, 3.63) is 36.7 Å². The Morgan fingerprint density at radius 3 is 1.21 bits per heavy atom. The number of pyridine rings is 2. The summed E-state index contributed by atoms with van der Waals surface area (Å²) in [5.41, 5.74) is 1.60. The second kappa shape index (κ2) is 7.69. The maximum atomic E-state index is 10.7. The van der Waals surface area contributed by atoms with Gasteiger partial charge in [-0.3, -0.25) is 9.97 Å². The molecule has 0 unspecified atom stereocenters. The highest BCUT2D eigenvalue weighted by Gasteiger charge is 2.30. The molecule has 0 fully saturated rings. The number of aromatic nitrogens is 2. The fourth-order valence-corrected chi connectivity index (χ4v) is 6.99. The highest BCUT2D eigenvalue weighted by molar-refractivity contribution is 6.85. The summed E-state index contributed by atoms with van der Waals surface area (Å²) in [6, 6.07) is 11.0. The van der Waals surface area contributed by atoms with Gasteiger partial charge in [0.25, 0.3) is 0 Å². The van der Waals surface area contributed by atoms with E-state index in [2.05, 4.69) is 9.97 Å². The van der Waals surface area contributed by atoms with E-state index in [1.807, 2.05) is 52.0 Å². The first-order valence-electron chi connectivity index (χ1n) is 8.80. The summed E-state index contributed by atoms with van der Waals surface area (Å²) in [5, 5.41) is 1.96. The summed E-state index contributed by atoms with van der Waals surface area (Å²) in [7, 11) is -4.70. The molecular weight excluding hydrogens is 332 g/mol. The van der Waals surface area contributed by atoms with Crippen LogP contribution in [0.1, 0.15) is 27.7 Å². The molecule has 2 aromatic rings. The van der Waals surface area contributed by atoms with E-state index in [-0.39, 0.29) is 0 Å². The molecular formula is C18H28N2O2Si2. The van der Waals surface area contributed by atoms with E-state index in [4.69, 9.17) is 0 Å². The highest BCUT2D eigenvalue weighted by Crippen LogP contribution is 2.17. The summed E-state index contributed by atoms with van der Waals surface area (Å²) in [6.07, 6.45) is 3.60. The molecule has 2 N–H and O–H groups in total. The van der Waals surface area contributed by atoms with Gasteiger partial charge in [-0.25, -0.2) is 0 Å². The van der Waals surface area contributed by atoms with Crippen LogP contribution >= 0.6 is 0 Å². The fraction of sp³-hybridized carbons (Fsp3) is 0.444. The maximum absolute atomic E-state index is 10.7. The predicted octanol–water partition coefficient (Wildman–Crippen LogP) is 2.51. The van der Waals surface area contributed by atoms with Crippen molar-refractivity contribution in [3.63, 3.8) is 0 Å². The monoisotopic (exact) mass is 360 g/mol. The van der Waals surface area contributed by atoms with E-state index in [0.717, 1.165) is 45.9 Å². The maximum Gasteiger partial charge on any atom is 0.221 e. The Labute approximate surface area is 146 Å². The topological polar surface area (TPSA) is 66.2 Å². The Hall–Kier alpha value is -1.35. The van der Waals surface area contributed by atoms with Gasteiger partial charge in [-0.2, -0.15) is 0 Å². The van der Waals surface area contributed by atoms with Crippen molar-refractivity contribution < 1.29 is 9.59 Å². The largest absolute Gasteiger partial charge is 0.427 e. The zero-order valence-electron chi connectivity index (χ0n) is 15.1. The van der Waals surface area contributed by atoms with Crippen LogP contribution in [0.3, 0.4) is 0 Å². The number of hydrogen-bond acceptors (Lipinski definition) is 4. The van der Waals surface area contributed by atoms with Gasteiger partial charge in [-0.1, -0.05) is 39.8 Å². The molecule has 4 nitrogen and oxygen atoms in total. The minimum absolute atomic E-state index is 0.798. The molecule has 0 saturated heterocycles. The van der Waals surface area contributed by atoms with E-state index < -0.39 is 16.6 Å². The summed E-state index contributed by atoms with van der Waals surface area (Å²) in [6.45, 7) is 8.15. The molecule has 0 spiro atoms. The first kappa shape index (κ1) is 19.0. The molecule has 0 amide bonds. The molecule has 24 heavy (non-hydrogen) atoms. The zero-order valence-corrected chi connectivity index (χ0v) is 17.1. The average Bonchev–Trinajstić information content (AvgIpc) is 2.67. The predicted molar refractivity (Wildman–Crippen MR) is 105 cm³/mol. The summed E-state index contributed by atoms with van der Waals surface area (Å²) in [4.78, 5) is 30.4. The molecule has 0 atom stereocenters. The van der Waals surface area contributed by atoms with Crippen molar-refractivity contribution in [2.75, 3.05) is 0 Å². The first-order chi connectivity index (χ1) is 11.4. The third-order valence-corrected chi connectivity index (χ3v) is 12.6. The van der Waals surface area contributed by atoms with E-state index in [9.17, 15) is 9.59 Å². The van der Waals surface area contributed by atoms with Crippen LogP contribution < -0.4 is 10.4 Å². The van der Waals surface area contributed by atoms with Crippen LogP contribution in [-0.4, -0.2) is 36.2 Å². The third kappa shape index (κ3) is 3.67. The second-order valence-corrected chi connectivity index (χ2v) is 14.5. The quantitative estimate of drug-likeness (QED) is 0.745. The van der Waals surface area contributed by atoms with Gasteiger partial charge in [0.1, 0.15) is 0 Å². The van der Waals surface area contributed by atoms with Gasteiger partial charge in [0.15, 0.2) is 0 Å².